The van der Waals surface area contributed by atoms with Gasteiger partial charge in [0.05, 0.1) is 41.0 Å². The number of thiazole rings is 1. The number of esters is 1. The SMILES string of the molecule is COC(=O)C1=C(C)N=c2s/c(=C\c3ccc([N+](=O)[O-])cc3)c(=O)n2C1c1ccc(OCc2ccccc2)c(OC)c1. The number of methoxy groups -OCH3 is 2. The van der Waals surface area contributed by atoms with E-state index in [-0.39, 0.29) is 16.8 Å². The van der Waals surface area contributed by atoms with Crippen molar-refractivity contribution in [3.63, 3.8) is 0 Å². The van der Waals surface area contributed by atoms with Crippen molar-refractivity contribution in [2.75, 3.05) is 14.2 Å². The van der Waals surface area contributed by atoms with Crippen molar-refractivity contribution in [2.24, 2.45) is 4.99 Å². The predicted octanol–water partition coefficient (Wildman–Crippen LogP) is 3.90. The highest BCUT2D eigenvalue weighted by molar-refractivity contribution is 7.07. The first-order valence-electron chi connectivity index (χ1n) is 12.5. The molecule has 208 valence electrons. The Morgan fingerprint density at radius 1 is 1.07 bits per heavy atom. The maximum atomic E-state index is 13.8. The van der Waals surface area contributed by atoms with Crippen LogP contribution < -0.4 is 24.4 Å². The number of nitrogens with zero attached hydrogens (tertiary/aromatic N) is 3. The van der Waals surface area contributed by atoms with Crippen LogP contribution in [0.25, 0.3) is 6.08 Å². The number of aromatic nitrogens is 1. The molecule has 1 atom stereocenters. The summed E-state index contributed by atoms with van der Waals surface area (Å²) in [6.07, 6.45) is 1.64. The van der Waals surface area contributed by atoms with Gasteiger partial charge < -0.3 is 14.2 Å². The number of non-ortho nitro benzene ring substituents is 1. The minimum atomic E-state index is -0.838. The molecular formula is C30H25N3O7S. The minimum Gasteiger partial charge on any atom is -0.493 e. The Labute approximate surface area is 238 Å². The van der Waals surface area contributed by atoms with Crippen LogP contribution in [-0.4, -0.2) is 29.7 Å². The summed E-state index contributed by atoms with van der Waals surface area (Å²) in [5.74, 6) is 0.334. The molecule has 1 aromatic heterocycles. The van der Waals surface area contributed by atoms with E-state index in [1.165, 1.54) is 30.9 Å². The molecule has 0 saturated heterocycles. The Kier molecular flexibility index (Phi) is 7.79. The number of fused-ring (bicyclic) bond motifs is 1. The van der Waals surface area contributed by atoms with Crippen LogP contribution in [0.2, 0.25) is 0 Å². The zero-order valence-corrected chi connectivity index (χ0v) is 23.2. The topological polar surface area (TPSA) is 122 Å². The monoisotopic (exact) mass is 571 g/mol. The normalized spacial score (nSPS) is 14.7. The molecule has 0 bridgehead atoms. The molecule has 0 saturated carbocycles. The summed E-state index contributed by atoms with van der Waals surface area (Å²) < 4.78 is 18.5. The van der Waals surface area contributed by atoms with Crippen LogP contribution in [0, 0.1) is 10.1 Å². The van der Waals surface area contributed by atoms with E-state index in [1.807, 2.05) is 30.3 Å². The molecule has 0 N–H and O–H groups in total. The zero-order valence-electron chi connectivity index (χ0n) is 22.4. The van der Waals surface area contributed by atoms with Gasteiger partial charge in [0, 0.05) is 12.1 Å². The molecule has 0 amide bonds. The Morgan fingerprint density at radius 3 is 2.46 bits per heavy atom. The highest BCUT2D eigenvalue weighted by Crippen LogP contribution is 2.36. The Bertz CT molecular complexity index is 1840. The highest BCUT2D eigenvalue weighted by atomic mass is 32.1. The molecule has 0 aliphatic carbocycles. The van der Waals surface area contributed by atoms with Gasteiger partial charge in [-0.25, -0.2) is 9.79 Å². The van der Waals surface area contributed by atoms with Gasteiger partial charge >= 0.3 is 5.97 Å². The third-order valence-corrected chi connectivity index (χ3v) is 7.55. The van der Waals surface area contributed by atoms with Gasteiger partial charge in [-0.05, 0) is 54.0 Å². The van der Waals surface area contributed by atoms with Gasteiger partial charge in [0.1, 0.15) is 6.61 Å². The fourth-order valence-electron chi connectivity index (χ4n) is 4.56. The van der Waals surface area contributed by atoms with E-state index in [2.05, 4.69) is 4.99 Å². The molecule has 2 heterocycles. The number of allylic oxidation sites excluding steroid dienone is 1. The lowest BCUT2D eigenvalue weighted by molar-refractivity contribution is -0.384. The molecular weight excluding hydrogens is 546 g/mol. The summed E-state index contributed by atoms with van der Waals surface area (Å²) in [7, 11) is 2.80. The van der Waals surface area contributed by atoms with Gasteiger partial charge in [-0.1, -0.05) is 47.7 Å². The van der Waals surface area contributed by atoms with Crippen molar-refractivity contribution < 1.29 is 23.9 Å². The minimum absolute atomic E-state index is 0.0490. The van der Waals surface area contributed by atoms with E-state index >= 15 is 0 Å². The number of carbonyl (C=O) groups excluding carboxylic acids is 1. The quantitative estimate of drug-likeness (QED) is 0.179. The lowest BCUT2D eigenvalue weighted by Gasteiger charge is -2.25. The van der Waals surface area contributed by atoms with Crippen molar-refractivity contribution in [2.45, 2.75) is 19.6 Å². The summed E-state index contributed by atoms with van der Waals surface area (Å²) in [6, 6.07) is 20.0. The fraction of sp³-hybridized carbons (Fsp3) is 0.167. The lowest BCUT2D eigenvalue weighted by atomic mass is 9.95. The van der Waals surface area contributed by atoms with Crippen LogP contribution in [0.1, 0.15) is 29.7 Å². The molecule has 5 rings (SSSR count). The Hall–Kier alpha value is -5.03. The number of carbonyl (C=O) groups is 1. The van der Waals surface area contributed by atoms with Gasteiger partial charge in [0.2, 0.25) is 0 Å². The van der Waals surface area contributed by atoms with E-state index in [1.54, 1.807) is 43.3 Å². The van der Waals surface area contributed by atoms with Crippen molar-refractivity contribution in [1.82, 2.24) is 4.57 Å². The van der Waals surface area contributed by atoms with Crippen molar-refractivity contribution >= 4 is 29.1 Å². The van der Waals surface area contributed by atoms with Gasteiger partial charge in [0.15, 0.2) is 16.3 Å². The molecule has 10 nitrogen and oxygen atoms in total. The second kappa shape index (κ2) is 11.6. The average Bonchev–Trinajstić information content (AvgIpc) is 3.29. The molecule has 3 aromatic carbocycles. The molecule has 0 radical (unpaired) electrons. The molecule has 4 aromatic rings. The van der Waals surface area contributed by atoms with Gasteiger partial charge in [-0.3, -0.25) is 19.5 Å². The second-order valence-corrected chi connectivity index (χ2v) is 10.1. The van der Waals surface area contributed by atoms with Crippen molar-refractivity contribution in [3.05, 3.63) is 131 Å². The number of hydrogen-bond donors (Lipinski definition) is 0. The number of benzene rings is 3. The van der Waals surface area contributed by atoms with E-state index in [0.717, 1.165) is 16.9 Å². The van der Waals surface area contributed by atoms with Crippen LogP contribution in [0.15, 0.2) is 93.9 Å². The Morgan fingerprint density at radius 2 is 1.80 bits per heavy atom. The van der Waals surface area contributed by atoms with E-state index in [9.17, 15) is 19.7 Å². The maximum Gasteiger partial charge on any atom is 0.338 e. The summed E-state index contributed by atoms with van der Waals surface area (Å²) in [5, 5.41) is 11.0. The number of ether oxygens (including phenoxy) is 3. The van der Waals surface area contributed by atoms with E-state index < -0.39 is 16.9 Å². The van der Waals surface area contributed by atoms with Crippen LogP contribution in [0.5, 0.6) is 11.5 Å². The number of nitro groups is 1. The number of hydrogen-bond acceptors (Lipinski definition) is 9. The first-order chi connectivity index (χ1) is 19.8. The third-order valence-electron chi connectivity index (χ3n) is 6.57. The third kappa shape index (κ3) is 5.52. The maximum absolute atomic E-state index is 13.8. The summed E-state index contributed by atoms with van der Waals surface area (Å²) in [6.45, 7) is 2.03. The number of nitro benzene ring substituents is 1. The van der Waals surface area contributed by atoms with Gasteiger partial charge in [0.25, 0.3) is 11.2 Å². The average molecular weight is 572 g/mol. The van der Waals surface area contributed by atoms with Crippen LogP contribution in [0.3, 0.4) is 0 Å². The lowest BCUT2D eigenvalue weighted by Crippen LogP contribution is -2.39. The summed E-state index contributed by atoms with van der Waals surface area (Å²) >= 11 is 1.16. The molecule has 11 heteroatoms. The molecule has 1 unspecified atom stereocenters. The molecule has 1 aliphatic heterocycles. The van der Waals surface area contributed by atoms with Crippen LogP contribution in [0.4, 0.5) is 5.69 Å². The van der Waals surface area contributed by atoms with E-state index in [0.29, 0.717) is 44.3 Å². The van der Waals surface area contributed by atoms with Gasteiger partial charge in [-0.2, -0.15) is 0 Å². The predicted molar refractivity (Wildman–Crippen MR) is 153 cm³/mol. The first kappa shape index (κ1) is 27.5. The molecule has 41 heavy (non-hydrogen) atoms. The standard InChI is InChI=1S/C30H25N3O7S/c1-18-26(29(35)39-3)27(21-11-14-23(24(16-21)38-2)40-17-20-7-5-4-6-8-20)32-28(34)25(41-30(32)31-18)15-19-9-12-22(13-10-19)33(36)37/h4-16,27H,17H2,1-3H3/b25-15-. The van der Waals surface area contributed by atoms with Crippen molar-refractivity contribution in [1.29, 1.82) is 0 Å². The molecule has 0 spiro atoms. The van der Waals surface area contributed by atoms with Crippen molar-refractivity contribution in [3.8, 4) is 11.5 Å². The summed E-state index contributed by atoms with van der Waals surface area (Å²) in [5.41, 5.74) is 2.44. The molecule has 0 fully saturated rings. The molecule has 1 aliphatic rings. The number of rotatable bonds is 8. The van der Waals surface area contributed by atoms with Gasteiger partial charge in [-0.15, -0.1) is 0 Å². The smallest absolute Gasteiger partial charge is 0.338 e. The largest absolute Gasteiger partial charge is 0.493 e. The fourth-order valence-corrected chi connectivity index (χ4v) is 5.61. The van der Waals surface area contributed by atoms with E-state index in [4.69, 9.17) is 14.2 Å². The Balaban J connectivity index is 1.60. The second-order valence-electron chi connectivity index (χ2n) is 9.11. The highest BCUT2D eigenvalue weighted by Gasteiger charge is 2.33. The zero-order chi connectivity index (χ0) is 29.1. The summed E-state index contributed by atoms with van der Waals surface area (Å²) in [4.78, 5) is 42.2. The van der Waals surface area contributed by atoms with Crippen LogP contribution >= 0.6 is 11.3 Å². The van der Waals surface area contributed by atoms with Crippen LogP contribution in [-0.2, 0) is 16.1 Å². The first-order valence-corrected chi connectivity index (χ1v) is 13.3.